The summed E-state index contributed by atoms with van der Waals surface area (Å²) in [4.78, 5) is 25.2. The van der Waals surface area contributed by atoms with Crippen LogP contribution in [0.3, 0.4) is 0 Å². The summed E-state index contributed by atoms with van der Waals surface area (Å²) in [5, 5.41) is 2.60. The Morgan fingerprint density at radius 1 is 1.30 bits per heavy atom. The summed E-state index contributed by atoms with van der Waals surface area (Å²) >= 11 is 0. The number of aryl methyl sites for hydroxylation is 1. The molecule has 3 aliphatic rings. The molecule has 0 unspecified atom stereocenters. The van der Waals surface area contributed by atoms with Crippen molar-refractivity contribution >= 4 is 11.8 Å². The number of ether oxygens (including phenoxy) is 2. The van der Waals surface area contributed by atoms with E-state index in [1.807, 2.05) is 4.90 Å². The molecule has 0 aromatic heterocycles. The number of piperidine rings is 1. The van der Waals surface area contributed by atoms with E-state index in [1.54, 1.807) is 0 Å². The molecule has 0 saturated carbocycles. The first kappa shape index (κ1) is 18.3. The summed E-state index contributed by atoms with van der Waals surface area (Å²) in [5.74, 6) is 1.07. The molecule has 1 aromatic carbocycles. The van der Waals surface area contributed by atoms with Crippen molar-refractivity contribution in [2.45, 2.75) is 51.2 Å². The number of nitrogens with zero attached hydrogens (tertiary/aromatic N) is 1. The van der Waals surface area contributed by atoms with Gasteiger partial charge < -0.3 is 19.7 Å². The number of carbonyl (C=O) groups excluding carboxylic acids is 2. The van der Waals surface area contributed by atoms with E-state index in [4.69, 9.17) is 9.47 Å². The molecule has 4 rings (SSSR count). The van der Waals surface area contributed by atoms with Crippen molar-refractivity contribution in [2.75, 3.05) is 26.2 Å². The van der Waals surface area contributed by atoms with Gasteiger partial charge in [-0.1, -0.05) is 12.1 Å². The highest BCUT2D eigenvalue weighted by molar-refractivity contribution is 5.83. The first-order valence-corrected chi connectivity index (χ1v) is 9.92. The van der Waals surface area contributed by atoms with E-state index in [2.05, 4.69) is 30.4 Å². The van der Waals surface area contributed by atoms with E-state index in [1.165, 1.54) is 18.1 Å². The minimum atomic E-state index is -0.267. The zero-order valence-electron chi connectivity index (χ0n) is 16.1. The summed E-state index contributed by atoms with van der Waals surface area (Å²) in [7, 11) is 0. The summed E-state index contributed by atoms with van der Waals surface area (Å²) in [6.45, 7) is 5.68. The molecular formula is C21H28N2O4. The van der Waals surface area contributed by atoms with Crippen LogP contribution in [0.15, 0.2) is 18.2 Å². The fourth-order valence-corrected chi connectivity index (χ4v) is 4.81. The molecule has 1 aromatic rings. The number of hydrogen-bond donors (Lipinski definition) is 1. The van der Waals surface area contributed by atoms with Crippen molar-refractivity contribution in [3.63, 3.8) is 0 Å². The summed E-state index contributed by atoms with van der Waals surface area (Å²) in [5.41, 5.74) is 2.08. The number of likely N-dealkylation sites (tertiary alicyclic amines) is 1. The molecule has 1 N–H and O–H groups in total. The van der Waals surface area contributed by atoms with Crippen molar-refractivity contribution in [1.29, 1.82) is 0 Å². The van der Waals surface area contributed by atoms with Crippen molar-refractivity contribution in [1.82, 2.24) is 10.2 Å². The minimum Gasteiger partial charge on any atom is -0.486 e. The van der Waals surface area contributed by atoms with Crippen LogP contribution in [0.5, 0.6) is 5.75 Å². The second-order valence-electron chi connectivity index (χ2n) is 8.04. The van der Waals surface area contributed by atoms with Crippen LogP contribution in [-0.4, -0.2) is 48.6 Å². The Bertz CT molecular complexity index is 740. The third-order valence-electron chi connectivity index (χ3n) is 6.24. The normalized spacial score (nSPS) is 25.9. The molecule has 0 aliphatic carbocycles. The van der Waals surface area contributed by atoms with Crippen LogP contribution in [0.1, 0.15) is 49.8 Å². The first-order valence-electron chi connectivity index (χ1n) is 9.92. The molecule has 3 aliphatic heterocycles. The third-order valence-corrected chi connectivity index (χ3v) is 6.24. The summed E-state index contributed by atoms with van der Waals surface area (Å²) in [6, 6.07) is 6.38. The first-order chi connectivity index (χ1) is 13.0. The van der Waals surface area contributed by atoms with Gasteiger partial charge in [-0.2, -0.15) is 0 Å². The van der Waals surface area contributed by atoms with Gasteiger partial charge in [0.05, 0.1) is 12.6 Å². The number of rotatable bonds is 2. The lowest BCUT2D eigenvalue weighted by molar-refractivity contribution is -0.156. The van der Waals surface area contributed by atoms with Crippen LogP contribution in [0.2, 0.25) is 0 Å². The van der Waals surface area contributed by atoms with Gasteiger partial charge in [0.25, 0.3) is 0 Å². The minimum absolute atomic E-state index is 0.0245. The van der Waals surface area contributed by atoms with Gasteiger partial charge in [-0.25, -0.2) is 0 Å². The smallest absolute Gasteiger partial charge is 0.241 e. The highest BCUT2D eigenvalue weighted by Crippen LogP contribution is 2.53. The van der Waals surface area contributed by atoms with Gasteiger partial charge in [-0.3, -0.25) is 9.59 Å². The molecule has 146 valence electrons. The van der Waals surface area contributed by atoms with Crippen LogP contribution >= 0.6 is 0 Å². The van der Waals surface area contributed by atoms with E-state index in [9.17, 15) is 9.59 Å². The molecule has 2 saturated heterocycles. The molecule has 1 spiro atoms. The molecule has 2 atom stereocenters. The quantitative estimate of drug-likeness (QED) is 0.865. The number of amides is 2. The summed E-state index contributed by atoms with van der Waals surface area (Å²) < 4.78 is 12.9. The standard InChI is InChI=1S/C21H28N2O4/c1-14-5-6-16-18(12-14)27-21(17-4-3-11-26-20(16)17)7-9-23(10-8-21)19(25)13-22-15(2)24/h5-6,12,17,20H,3-4,7-11,13H2,1-2H3,(H,22,24)/t17-,20+/m0/s1. The highest BCUT2D eigenvalue weighted by atomic mass is 16.5. The van der Waals surface area contributed by atoms with Gasteiger partial charge in [0, 0.05) is 50.9 Å². The number of carbonyl (C=O) groups is 2. The summed E-state index contributed by atoms with van der Waals surface area (Å²) in [6.07, 6.45) is 3.84. The van der Waals surface area contributed by atoms with Gasteiger partial charge >= 0.3 is 0 Å². The van der Waals surface area contributed by atoms with E-state index in [0.29, 0.717) is 19.0 Å². The van der Waals surface area contributed by atoms with Crippen LogP contribution in [0.4, 0.5) is 0 Å². The van der Waals surface area contributed by atoms with Gasteiger partial charge in [-0.05, 0) is 31.4 Å². The van der Waals surface area contributed by atoms with Crippen molar-refractivity contribution < 1.29 is 19.1 Å². The second kappa shape index (κ2) is 7.15. The lowest BCUT2D eigenvalue weighted by Gasteiger charge is -2.53. The Morgan fingerprint density at radius 2 is 2.07 bits per heavy atom. The topological polar surface area (TPSA) is 67.9 Å². The molecule has 2 amide bonds. The maximum absolute atomic E-state index is 12.3. The molecule has 6 nitrogen and oxygen atoms in total. The highest BCUT2D eigenvalue weighted by Gasteiger charge is 2.52. The predicted octanol–water partition coefficient (Wildman–Crippen LogP) is 2.35. The van der Waals surface area contributed by atoms with Crippen LogP contribution in [-0.2, 0) is 14.3 Å². The molecule has 3 heterocycles. The van der Waals surface area contributed by atoms with Gasteiger partial charge in [0.15, 0.2) is 0 Å². The largest absolute Gasteiger partial charge is 0.486 e. The predicted molar refractivity (Wildman–Crippen MR) is 100 cm³/mol. The Morgan fingerprint density at radius 3 is 2.81 bits per heavy atom. The average molecular weight is 372 g/mol. The van der Waals surface area contributed by atoms with E-state index in [-0.39, 0.29) is 30.1 Å². The maximum atomic E-state index is 12.3. The fraction of sp³-hybridized carbons (Fsp3) is 0.619. The lowest BCUT2D eigenvalue weighted by atomic mass is 9.70. The number of hydrogen-bond acceptors (Lipinski definition) is 4. The van der Waals surface area contributed by atoms with Gasteiger partial charge in [0.1, 0.15) is 11.4 Å². The van der Waals surface area contributed by atoms with Crippen LogP contribution in [0, 0.1) is 12.8 Å². The molecule has 27 heavy (non-hydrogen) atoms. The van der Waals surface area contributed by atoms with Gasteiger partial charge in [0.2, 0.25) is 11.8 Å². The fourth-order valence-electron chi connectivity index (χ4n) is 4.81. The van der Waals surface area contributed by atoms with Gasteiger partial charge in [-0.15, -0.1) is 0 Å². The Kier molecular flexibility index (Phi) is 4.84. The number of nitrogens with one attached hydrogen (secondary N) is 1. The zero-order chi connectivity index (χ0) is 19.0. The Hall–Kier alpha value is -2.08. The van der Waals surface area contributed by atoms with E-state index >= 15 is 0 Å². The van der Waals surface area contributed by atoms with Crippen molar-refractivity contribution in [3.05, 3.63) is 29.3 Å². The monoisotopic (exact) mass is 372 g/mol. The number of fused-ring (bicyclic) bond motifs is 4. The Labute approximate surface area is 160 Å². The average Bonchev–Trinajstić information content (AvgIpc) is 2.66. The third kappa shape index (κ3) is 3.43. The number of benzene rings is 1. The maximum Gasteiger partial charge on any atom is 0.241 e. The molecule has 0 bridgehead atoms. The van der Waals surface area contributed by atoms with E-state index in [0.717, 1.165) is 38.0 Å². The van der Waals surface area contributed by atoms with Crippen molar-refractivity contribution in [3.8, 4) is 5.75 Å². The molecule has 2 fully saturated rings. The zero-order valence-corrected chi connectivity index (χ0v) is 16.1. The van der Waals surface area contributed by atoms with Crippen LogP contribution in [0.25, 0.3) is 0 Å². The lowest BCUT2D eigenvalue weighted by Crippen LogP contribution is -2.58. The molecular weight excluding hydrogens is 344 g/mol. The van der Waals surface area contributed by atoms with E-state index < -0.39 is 0 Å². The SMILES string of the molecule is CC(=O)NCC(=O)N1CCC2(CC1)Oc1cc(C)ccc1[C@H]1OCCC[C@@H]12. The second-order valence-corrected chi connectivity index (χ2v) is 8.04. The van der Waals surface area contributed by atoms with Crippen molar-refractivity contribution in [2.24, 2.45) is 5.92 Å². The molecule has 6 heteroatoms. The van der Waals surface area contributed by atoms with Crippen LogP contribution < -0.4 is 10.1 Å². The Balaban J connectivity index is 1.53. The molecule has 0 radical (unpaired) electrons.